The molecule has 114 valence electrons. The maximum Gasteiger partial charge on any atom is 0.144 e. The molecule has 2 fully saturated rings. The minimum Gasteiger partial charge on any atom is -0.384 e. The van der Waals surface area contributed by atoms with Gasteiger partial charge in [-0.2, -0.15) is 0 Å². The van der Waals surface area contributed by atoms with E-state index in [0.29, 0.717) is 23.8 Å². The maximum atomic E-state index is 5.78. The number of hydrogen-bond acceptors (Lipinski definition) is 4. The molecule has 22 heavy (non-hydrogen) atoms. The van der Waals surface area contributed by atoms with Gasteiger partial charge in [0.25, 0.3) is 0 Å². The number of piperidine rings is 1. The molecule has 2 aliphatic rings. The molecule has 3 heterocycles. The van der Waals surface area contributed by atoms with Crippen molar-refractivity contribution < 1.29 is 0 Å². The number of benzene rings is 1. The summed E-state index contributed by atoms with van der Waals surface area (Å²) in [6.45, 7) is 0.835. The topological polar surface area (TPSA) is 55.0 Å². The molecular weight excluding hydrogens is 272 g/mol. The minimum absolute atomic E-state index is 0.566. The Morgan fingerprint density at radius 2 is 1.77 bits per heavy atom. The molecule has 2 aromatic rings. The monoisotopic (exact) mass is 294 g/mol. The largest absolute Gasteiger partial charge is 0.384 e. The summed E-state index contributed by atoms with van der Waals surface area (Å²) in [5.41, 5.74) is 7.28. The van der Waals surface area contributed by atoms with E-state index in [2.05, 4.69) is 45.2 Å². The summed E-state index contributed by atoms with van der Waals surface area (Å²) in [4.78, 5) is 11.3. The summed E-state index contributed by atoms with van der Waals surface area (Å²) in [7, 11) is 0. The Bertz CT molecular complexity index is 629. The van der Waals surface area contributed by atoms with Crippen LogP contribution in [-0.2, 0) is 6.54 Å². The normalized spacial score (nSPS) is 27.9. The van der Waals surface area contributed by atoms with Gasteiger partial charge in [-0.25, -0.2) is 9.97 Å². The minimum atomic E-state index is 0.566. The molecule has 2 saturated heterocycles. The number of anilines is 1. The second kappa shape index (κ2) is 5.69. The van der Waals surface area contributed by atoms with E-state index in [1.807, 2.05) is 0 Å². The summed E-state index contributed by atoms with van der Waals surface area (Å²) >= 11 is 0. The Balaban J connectivity index is 1.49. The number of nitrogens with zero attached hydrogens (tertiary/aromatic N) is 3. The molecule has 4 rings (SSSR count). The van der Waals surface area contributed by atoms with E-state index >= 15 is 0 Å². The molecule has 0 radical (unpaired) electrons. The Morgan fingerprint density at radius 3 is 2.45 bits per heavy atom. The van der Waals surface area contributed by atoms with Crippen molar-refractivity contribution >= 4 is 5.82 Å². The van der Waals surface area contributed by atoms with Crippen LogP contribution in [0.4, 0.5) is 5.82 Å². The molecule has 2 N–H and O–H groups in total. The van der Waals surface area contributed by atoms with E-state index in [4.69, 9.17) is 5.73 Å². The van der Waals surface area contributed by atoms with Crippen molar-refractivity contribution in [2.45, 2.75) is 50.2 Å². The van der Waals surface area contributed by atoms with Crippen LogP contribution in [0, 0.1) is 0 Å². The SMILES string of the molecule is Nc1ccnc(CN2[C@@H]3CC[C@H]2CC(c2ccccc2)C3)n1. The van der Waals surface area contributed by atoms with E-state index in [1.54, 1.807) is 12.3 Å². The fourth-order valence-corrected chi connectivity index (χ4v) is 4.18. The van der Waals surface area contributed by atoms with Crippen LogP contribution in [0.1, 0.15) is 43.0 Å². The Kier molecular flexibility index (Phi) is 3.54. The zero-order chi connectivity index (χ0) is 14.9. The van der Waals surface area contributed by atoms with Gasteiger partial charge in [0.1, 0.15) is 11.6 Å². The smallest absolute Gasteiger partial charge is 0.144 e. The maximum absolute atomic E-state index is 5.78. The summed E-state index contributed by atoms with van der Waals surface area (Å²) in [6, 6.07) is 14.0. The Hall–Kier alpha value is -1.94. The first-order valence-corrected chi connectivity index (χ1v) is 8.17. The number of hydrogen-bond donors (Lipinski definition) is 1. The molecule has 0 aliphatic carbocycles. The third-order valence-corrected chi connectivity index (χ3v) is 5.21. The number of aromatic nitrogens is 2. The van der Waals surface area contributed by atoms with Crippen LogP contribution in [0.3, 0.4) is 0 Å². The van der Waals surface area contributed by atoms with Crippen LogP contribution < -0.4 is 5.73 Å². The van der Waals surface area contributed by atoms with E-state index in [0.717, 1.165) is 12.4 Å². The highest BCUT2D eigenvalue weighted by Crippen LogP contribution is 2.43. The molecule has 2 bridgehead atoms. The first kappa shape index (κ1) is 13.7. The molecule has 0 spiro atoms. The molecular formula is C18H22N4. The van der Waals surface area contributed by atoms with E-state index in [9.17, 15) is 0 Å². The van der Waals surface area contributed by atoms with Gasteiger partial charge >= 0.3 is 0 Å². The van der Waals surface area contributed by atoms with Gasteiger partial charge in [-0.1, -0.05) is 30.3 Å². The molecule has 0 amide bonds. The van der Waals surface area contributed by atoms with Gasteiger partial charge in [0, 0.05) is 18.3 Å². The van der Waals surface area contributed by atoms with Crippen LogP contribution >= 0.6 is 0 Å². The van der Waals surface area contributed by atoms with E-state index < -0.39 is 0 Å². The molecule has 1 aromatic heterocycles. The van der Waals surface area contributed by atoms with Crippen molar-refractivity contribution in [3.05, 3.63) is 54.0 Å². The Labute approximate surface area is 131 Å². The summed E-state index contributed by atoms with van der Waals surface area (Å²) < 4.78 is 0. The lowest BCUT2D eigenvalue weighted by atomic mass is 9.85. The Morgan fingerprint density at radius 1 is 1.05 bits per heavy atom. The summed E-state index contributed by atoms with van der Waals surface area (Å²) in [6.07, 6.45) is 6.87. The number of rotatable bonds is 3. The van der Waals surface area contributed by atoms with Crippen LogP contribution in [0.5, 0.6) is 0 Å². The lowest BCUT2D eigenvalue weighted by Crippen LogP contribution is -2.42. The molecule has 4 nitrogen and oxygen atoms in total. The number of nitrogen functional groups attached to an aromatic ring is 1. The third kappa shape index (κ3) is 2.59. The average molecular weight is 294 g/mol. The van der Waals surface area contributed by atoms with Gasteiger partial charge in [-0.05, 0) is 43.2 Å². The van der Waals surface area contributed by atoms with Crippen molar-refractivity contribution in [1.82, 2.24) is 14.9 Å². The highest BCUT2D eigenvalue weighted by atomic mass is 15.2. The van der Waals surface area contributed by atoms with Gasteiger partial charge < -0.3 is 5.73 Å². The van der Waals surface area contributed by atoms with Crippen molar-refractivity contribution in [1.29, 1.82) is 0 Å². The van der Waals surface area contributed by atoms with Gasteiger partial charge in [-0.3, -0.25) is 4.90 Å². The predicted octanol–water partition coefficient (Wildman–Crippen LogP) is 2.97. The fourth-order valence-electron chi connectivity index (χ4n) is 4.18. The predicted molar refractivity (Wildman–Crippen MR) is 87.2 cm³/mol. The number of nitrogens with two attached hydrogens (primary N) is 1. The fraction of sp³-hybridized carbons (Fsp3) is 0.444. The van der Waals surface area contributed by atoms with Crippen molar-refractivity contribution in [2.24, 2.45) is 0 Å². The second-order valence-electron chi connectivity index (χ2n) is 6.53. The molecule has 2 aliphatic heterocycles. The lowest BCUT2D eigenvalue weighted by molar-refractivity contribution is 0.115. The van der Waals surface area contributed by atoms with Crippen molar-refractivity contribution in [2.75, 3.05) is 5.73 Å². The summed E-state index contributed by atoms with van der Waals surface area (Å²) in [5.74, 6) is 2.13. The molecule has 3 atom stereocenters. The molecule has 4 heteroatoms. The zero-order valence-electron chi connectivity index (χ0n) is 12.7. The molecule has 0 saturated carbocycles. The lowest BCUT2D eigenvalue weighted by Gasteiger charge is -2.38. The quantitative estimate of drug-likeness (QED) is 0.945. The first-order chi connectivity index (χ1) is 10.8. The van der Waals surface area contributed by atoms with Gasteiger partial charge in [0.15, 0.2) is 0 Å². The first-order valence-electron chi connectivity index (χ1n) is 8.17. The van der Waals surface area contributed by atoms with Crippen molar-refractivity contribution in [3.63, 3.8) is 0 Å². The standard InChI is InChI=1S/C18H22N4/c19-17-8-9-20-18(21-17)12-22-15-6-7-16(22)11-14(10-15)13-4-2-1-3-5-13/h1-5,8-9,14-16H,6-7,10-12H2,(H2,19,20,21)/t14?,15-,16+. The van der Waals surface area contributed by atoms with Crippen LogP contribution in [0.25, 0.3) is 0 Å². The van der Waals surface area contributed by atoms with Crippen molar-refractivity contribution in [3.8, 4) is 0 Å². The highest BCUT2D eigenvalue weighted by Gasteiger charge is 2.41. The zero-order valence-corrected chi connectivity index (χ0v) is 12.7. The molecule has 1 aromatic carbocycles. The van der Waals surface area contributed by atoms with E-state index in [-0.39, 0.29) is 0 Å². The van der Waals surface area contributed by atoms with E-state index in [1.165, 1.54) is 31.2 Å². The van der Waals surface area contributed by atoms with Gasteiger partial charge in [-0.15, -0.1) is 0 Å². The summed E-state index contributed by atoms with van der Waals surface area (Å²) in [5, 5.41) is 0. The molecule has 1 unspecified atom stereocenters. The average Bonchev–Trinajstić information content (AvgIpc) is 2.78. The van der Waals surface area contributed by atoms with Crippen LogP contribution in [0.2, 0.25) is 0 Å². The van der Waals surface area contributed by atoms with Gasteiger partial charge in [0.05, 0.1) is 6.54 Å². The highest BCUT2D eigenvalue weighted by molar-refractivity contribution is 5.25. The number of fused-ring (bicyclic) bond motifs is 2. The van der Waals surface area contributed by atoms with Gasteiger partial charge in [0.2, 0.25) is 0 Å². The van der Waals surface area contributed by atoms with Crippen LogP contribution in [-0.4, -0.2) is 27.0 Å². The third-order valence-electron chi connectivity index (χ3n) is 5.21. The second-order valence-corrected chi connectivity index (χ2v) is 6.53. The van der Waals surface area contributed by atoms with Crippen LogP contribution in [0.15, 0.2) is 42.6 Å².